The summed E-state index contributed by atoms with van der Waals surface area (Å²) in [6.07, 6.45) is -4.66. The van der Waals surface area contributed by atoms with E-state index in [1.54, 1.807) is 0 Å². The highest BCUT2D eigenvalue weighted by Gasteiger charge is 2.30. The summed E-state index contributed by atoms with van der Waals surface area (Å²) in [6, 6.07) is 8.55. The number of benzene rings is 2. The average molecular weight is 394 g/mol. The Hall–Kier alpha value is -3.36. The third-order valence-electron chi connectivity index (χ3n) is 3.79. The van der Waals surface area contributed by atoms with Gasteiger partial charge in [-0.05, 0) is 42.0 Å². The summed E-state index contributed by atoms with van der Waals surface area (Å²) in [5.74, 6) is -2.25. The lowest BCUT2D eigenvalue weighted by Gasteiger charge is -2.15. The van der Waals surface area contributed by atoms with Crippen LogP contribution < -0.4 is 10.6 Å². The van der Waals surface area contributed by atoms with E-state index in [0.717, 1.165) is 12.1 Å². The van der Waals surface area contributed by atoms with Gasteiger partial charge in [0.1, 0.15) is 6.04 Å². The monoisotopic (exact) mass is 394 g/mol. The van der Waals surface area contributed by atoms with Gasteiger partial charge in [0.2, 0.25) is 5.91 Å². The third-order valence-corrected chi connectivity index (χ3v) is 3.79. The van der Waals surface area contributed by atoms with Gasteiger partial charge in [0.25, 0.3) is 5.91 Å². The Labute approximate surface area is 158 Å². The van der Waals surface area contributed by atoms with Crippen LogP contribution in [0.2, 0.25) is 0 Å². The third kappa shape index (κ3) is 5.83. The number of carboxylic acid groups (broad SMARTS) is 1. The van der Waals surface area contributed by atoms with Gasteiger partial charge in [-0.2, -0.15) is 13.2 Å². The number of carbonyl (C=O) groups excluding carboxylic acids is 2. The van der Waals surface area contributed by atoms with Crippen LogP contribution in [0.1, 0.15) is 28.4 Å². The second kappa shape index (κ2) is 8.55. The lowest BCUT2D eigenvalue weighted by molar-refractivity contribution is -0.139. The number of nitrogens with one attached hydrogen (secondary N) is 2. The van der Waals surface area contributed by atoms with Gasteiger partial charge in [-0.3, -0.25) is 9.59 Å². The van der Waals surface area contributed by atoms with Crippen molar-refractivity contribution in [3.05, 3.63) is 65.2 Å². The molecular weight excluding hydrogens is 377 g/mol. The highest BCUT2D eigenvalue weighted by molar-refractivity contribution is 5.97. The van der Waals surface area contributed by atoms with Crippen molar-refractivity contribution in [3.63, 3.8) is 0 Å². The highest BCUT2D eigenvalue weighted by Crippen LogP contribution is 2.29. The Bertz CT molecular complexity index is 862. The zero-order valence-corrected chi connectivity index (χ0v) is 14.7. The molecule has 0 unspecified atom stereocenters. The van der Waals surface area contributed by atoms with Crippen LogP contribution in [-0.4, -0.2) is 28.9 Å². The highest BCUT2D eigenvalue weighted by atomic mass is 19.4. The molecule has 9 heteroatoms. The van der Waals surface area contributed by atoms with Crippen molar-refractivity contribution in [1.29, 1.82) is 0 Å². The molecule has 1 atom stereocenters. The molecule has 28 heavy (non-hydrogen) atoms. The lowest BCUT2D eigenvalue weighted by Crippen LogP contribution is -2.42. The minimum atomic E-state index is -4.48. The van der Waals surface area contributed by atoms with Crippen LogP contribution in [-0.2, 0) is 22.2 Å². The van der Waals surface area contributed by atoms with Crippen molar-refractivity contribution in [2.75, 3.05) is 5.32 Å². The molecule has 2 aromatic rings. The molecule has 0 aromatic heterocycles. The Morgan fingerprint density at radius 2 is 1.57 bits per heavy atom. The summed E-state index contributed by atoms with van der Waals surface area (Å²) in [5, 5.41) is 14.2. The van der Waals surface area contributed by atoms with Crippen molar-refractivity contribution < 1.29 is 32.7 Å². The standard InChI is InChI=1S/C19H17F3N2O4/c1-11(25)23-15-8-4-13(5-9-15)17(26)24-16(18(27)28)10-12-2-6-14(7-3-12)19(20,21)22/h2-9,16H,10H2,1H3,(H,23,25)(H,24,26)(H,27,28)/t16-/m1/s1. The number of anilines is 1. The van der Waals surface area contributed by atoms with Crippen LogP contribution in [0.15, 0.2) is 48.5 Å². The number of hydrogen-bond donors (Lipinski definition) is 3. The van der Waals surface area contributed by atoms with Gasteiger partial charge < -0.3 is 15.7 Å². The first-order chi connectivity index (χ1) is 13.1. The molecule has 3 N–H and O–H groups in total. The summed E-state index contributed by atoms with van der Waals surface area (Å²) < 4.78 is 37.8. The number of alkyl halides is 3. The normalized spacial score (nSPS) is 12.1. The maximum atomic E-state index is 12.6. The second-order valence-corrected chi connectivity index (χ2v) is 6.02. The van der Waals surface area contributed by atoms with Gasteiger partial charge in [-0.25, -0.2) is 4.79 Å². The maximum Gasteiger partial charge on any atom is 0.416 e. The average Bonchev–Trinajstić information content (AvgIpc) is 2.60. The summed E-state index contributed by atoms with van der Waals surface area (Å²) in [7, 11) is 0. The molecule has 148 valence electrons. The first-order valence-electron chi connectivity index (χ1n) is 8.13. The molecule has 0 aliphatic carbocycles. The Kier molecular flexibility index (Phi) is 6.40. The summed E-state index contributed by atoms with van der Waals surface area (Å²) in [4.78, 5) is 34.7. The molecule has 0 fully saturated rings. The van der Waals surface area contributed by atoms with E-state index in [4.69, 9.17) is 0 Å². The van der Waals surface area contributed by atoms with Gasteiger partial charge in [-0.15, -0.1) is 0 Å². The predicted octanol–water partition coefficient (Wildman–Crippen LogP) is 3.09. The Morgan fingerprint density at radius 3 is 2.04 bits per heavy atom. The molecule has 2 amide bonds. The predicted molar refractivity (Wildman–Crippen MR) is 94.8 cm³/mol. The van der Waals surface area contributed by atoms with Crippen LogP contribution >= 0.6 is 0 Å². The molecule has 0 heterocycles. The fourth-order valence-electron chi connectivity index (χ4n) is 2.42. The zero-order valence-electron chi connectivity index (χ0n) is 14.7. The molecule has 0 radical (unpaired) electrons. The molecule has 0 saturated carbocycles. The van der Waals surface area contributed by atoms with Crippen molar-refractivity contribution in [2.24, 2.45) is 0 Å². The van der Waals surface area contributed by atoms with Gasteiger partial charge in [0.15, 0.2) is 0 Å². The van der Waals surface area contributed by atoms with E-state index in [2.05, 4.69) is 10.6 Å². The number of rotatable bonds is 6. The van der Waals surface area contributed by atoms with Gasteiger partial charge in [0, 0.05) is 24.6 Å². The van der Waals surface area contributed by atoms with E-state index in [1.165, 1.54) is 43.3 Å². The first-order valence-corrected chi connectivity index (χ1v) is 8.13. The number of aliphatic carboxylic acids is 1. The fourth-order valence-corrected chi connectivity index (χ4v) is 2.42. The second-order valence-electron chi connectivity index (χ2n) is 6.02. The SMILES string of the molecule is CC(=O)Nc1ccc(C(=O)N[C@H](Cc2ccc(C(F)(F)F)cc2)C(=O)O)cc1. The minimum absolute atomic E-state index is 0.174. The number of carbonyl (C=O) groups is 3. The number of hydrogen-bond acceptors (Lipinski definition) is 3. The molecule has 2 rings (SSSR count). The molecule has 0 aliphatic heterocycles. The van der Waals surface area contributed by atoms with Crippen LogP contribution in [0.3, 0.4) is 0 Å². The van der Waals surface area contributed by atoms with E-state index in [0.29, 0.717) is 11.3 Å². The molecule has 0 bridgehead atoms. The molecule has 0 aliphatic rings. The lowest BCUT2D eigenvalue weighted by atomic mass is 10.0. The van der Waals surface area contributed by atoms with Crippen LogP contribution in [0.4, 0.5) is 18.9 Å². The van der Waals surface area contributed by atoms with Crippen molar-refractivity contribution in [1.82, 2.24) is 5.32 Å². The van der Waals surface area contributed by atoms with Gasteiger partial charge >= 0.3 is 12.1 Å². The zero-order chi connectivity index (χ0) is 20.9. The molecule has 0 saturated heterocycles. The van der Waals surface area contributed by atoms with Crippen molar-refractivity contribution in [2.45, 2.75) is 25.6 Å². The molecule has 2 aromatic carbocycles. The van der Waals surface area contributed by atoms with Crippen LogP contribution in [0, 0.1) is 0 Å². The van der Waals surface area contributed by atoms with Gasteiger partial charge in [-0.1, -0.05) is 12.1 Å². The van der Waals surface area contributed by atoms with E-state index < -0.39 is 29.7 Å². The van der Waals surface area contributed by atoms with E-state index in [1.807, 2.05) is 0 Å². The minimum Gasteiger partial charge on any atom is -0.480 e. The Morgan fingerprint density at radius 1 is 1.00 bits per heavy atom. The van der Waals surface area contributed by atoms with Crippen molar-refractivity contribution >= 4 is 23.5 Å². The van der Waals surface area contributed by atoms with E-state index >= 15 is 0 Å². The number of halogens is 3. The summed E-state index contributed by atoms with van der Waals surface area (Å²) >= 11 is 0. The van der Waals surface area contributed by atoms with E-state index in [9.17, 15) is 32.7 Å². The summed E-state index contributed by atoms with van der Waals surface area (Å²) in [6.45, 7) is 1.33. The van der Waals surface area contributed by atoms with Gasteiger partial charge in [0.05, 0.1) is 5.56 Å². The number of carboxylic acids is 1. The van der Waals surface area contributed by atoms with E-state index in [-0.39, 0.29) is 17.9 Å². The molecule has 0 spiro atoms. The number of amides is 2. The topological polar surface area (TPSA) is 95.5 Å². The first kappa shape index (κ1) is 20.9. The van der Waals surface area contributed by atoms with Crippen LogP contribution in [0.5, 0.6) is 0 Å². The maximum absolute atomic E-state index is 12.6. The van der Waals surface area contributed by atoms with Crippen LogP contribution in [0.25, 0.3) is 0 Å². The quantitative estimate of drug-likeness (QED) is 0.702. The fraction of sp³-hybridized carbons (Fsp3) is 0.211. The molecular formula is C19H17F3N2O4. The Balaban J connectivity index is 2.07. The van der Waals surface area contributed by atoms with Crippen molar-refractivity contribution in [3.8, 4) is 0 Å². The smallest absolute Gasteiger partial charge is 0.416 e. The molecule has 6 nitrogen and oxygen atoms in total. The summed E-state index contributed by atoms with van der Waals surface area (Å²) in [5.41, 5.74) is 0.143. The largest absolute Gasteiger partial charge is 0.480 e.